The fourth-order valence-corrected chi connectivity index (χ4v) is 1.99. The van der Waals surface area contributed by atoms with Crippen LogP contribution < -0.4 is 5.32 Å². The largest absolute Gasteiger partial charge is 0.352 e. The van der Waals surface area contributed by atoms with Crippen LogP contribution >= 0.6 is 0 Å². The number of amides is 1. The fourth-order valence-electron chi connectivity index (χ4n) is 1.99. The van der Waals surface area contributed by atoms with Crippen molar-refractivity contribution < 1.29 is 4.79 Å². The van der Waals surface area contributed by atoms with Gasteiger partial charge in [-0.3, -0.25) is 4.79 Å². The Kier molecular flexibility index (Phi) is 4.73. The lowest BCUT2D eigenvalue weighted by Gasteiger charge is -2.06. The van der Waals surface area contributed by atoms with Crippen LogP contribution in [0.2, 0.25) is 0 Å². The number of hydrogen-bond donors (Lipinski definition) is 1. The molecule has 2 rings (SSSR count). The lowest BCUT2D eigenvalue weighted by molar-refractivity contribution is 0.0953. The fraction of sp³-hybridized carbons (Fsp3) is 0.235. The summed E-state index contributed by atoms with van der Waals surface area (Å²) in [6, 6.07) is 18.1. The maximum Gasteiger partial charge on any atom is 0.251 e. The minimum absolute atomic E-state index is 0.0109. The quantitative estimate of drug-likeness (QED) is 0.869. The lowest BCUT2D eigenvalue weighted by atomic mass is 10.0. The number of carbonyl (C=O) groups is 1. The average molecular weight is 253 g/mol. The van der Waals surface area contributed by atoms with E-state index in [1.807, 2.05) is 43.3 Å². The first-order valence-corrected chi connectivity index (χ1v) is 6.70. The van der Waals surface area contributed by atoms with E-state index in [1.165, 1.54) is 5.56 Å². The van der Waals surface area contributed by atoms with Gasteiger partial charge in [-0.15, -0.1) is 0 Å². The van der Waals surface area contributed by atoms with Crippen LogP contribution in [-0.4, -0.2) is 12.5 Å². The van der Waals surface area contributed by atoms with E-state index in [9.17, 15) is 4.79 Å². The normalized spacial score (nSPS) is 10.2. The van der Waals surface area contributed by atoms with Gasteiger partial charge >= 0.3 is 0 Å². The molecule has 0 aromatic heterocycles. The van der Waals surface area contributed by atoms with Crippen LogP contribution in [0.3, 0.4) is 0 Å². The summed E-state index contributed by atoms with van der Waals surface area (Å²) in [7, 11) is 0. The standard InChI is InChI=1S/C17H19NO/c1-2-11-18-17(19)16-10-6-9-15(13-16)12-14-7-4-3-5-8-14/h3-10,13H,2,11-12H2,1H3,(H,18,19). The number of rotatable bonds is 5. The van der Waals surface area contributed by atoms with Crippen LogP contribution in [0.25, 0.3) is 0 Å². The van der Waals surface area contributed by atoms with Gasteiger partial charge in [0, 0.05) is 12.1 Å². The van der Waals surface area contributed by atoms with Gasteiger partial charge in [0.15, 0.2) is 0 Å². The molecular weight excluding hydrogens is 234 g/mol. The molecule has 0 unspecified atom stereocenters. The van der Waals surface area contributed by atoms with Crippen molar-refractivity contribution in [2.45, 2.75) is 19.8 Å². The summed E-state index contributed by atoms with van der Waals surface area (Å²) in [6.45, 7) is 2.77. The summed E-state index contributed by atoms with van der Waals surface area (Å²) in [5.74, 6) is 0.0109. The molecule has 19 heavy (non-hydrogen) atoms. The highest BCUT2D eigenvalue weighted by atomic mass is 16.1. The molecule has 0 aliphatic rings. The van der Waals surface area contributed by atoms with Crippen molar-refractivity contribution in [3.05, 3.63) is 71.3 Å². The number of nitrogens with one attached hydrogen (secondary N) is 1. The predicted molar refractivity (Wildman–Crippen MR) is 78.3 cm³/mol. The third kappa shape index (κ3) is 3.95. The van der Waals surface area contributed by atoms with Gasteiger partial charge in [0.05, 0.1) is 0 Å². The average Bonchev–Trinajstić information content (AvgIpc) is 2.46. The molecule has 0 spiro atoms. The van der Waals surface area contributed by atoms with Gasteiger partial charge in [0.25, 0.3) is 5.91 Å². The van der Waals surface area contributed by atoms with Crippen molar-refractivity contribution in [2.24, 2.45) is 0 Å². The van der Waals surface area contributed by atoms with E-state index in [-0.39, 0.29) is 5.91 Å². The molecule has 0 saturated carbocycles. The highest BCUT2D eigenvalue weighted by molar-refractivity contribution is 5.94. The van der Waals surface area contributed by atoms with Crippen molar-refractivity contribution in [1.29, 1.82) is 0 Å². The van der Waals surface area contributed by atoms with Crippen LogP contribution in [0.5, 0.6) is 0 Å². The van der Waals surface area contributed by atoms with Gasteiger partial charge in [0.2, 0.25) is 0 Å². The van der Waals surface area contributed by atoms with Gasteiger partial charge in [0.1, 0.15) is 0 Å². The highest BCUT2D eigenvalue weighted by Gasteiger charge is 2.05. The minimum atomic E-state index is 0.0109. The molecule has 2 aromatic rings. The summed E-state index contributed by atoms with van der Waals surface area (Å²) in [5, 5.41) is 2.90. The zero-order valence-corrected chi connectivity index (χ0v) is 11.2. The van der Waals surface area contributed by atoms with Crippen molar-refractivity contribution in [2.75, 3.05) is 6.54 Å². The summed E-state index contributed by atoms with van der Waals surface area (Å²) in [4.78, 5) is 11.9. The molecule has 0 bridgehead atoms. The third-order valence-electron chi connectivity index (χ3n) is 2.98. The van der Waals surface area contributed by atoms with E-state index in [0.717, 1.165) is 30.5 Å². The molecule has 2 heteroatoms. The Balaban J connectivity index is 2.09. The van der Waals surface area contributed by atoms with Crippen LogP contribution in [0.15, 0.2) is 54.6 Å². The Labute approximate surface area is 114 Å². The minimum Gasteiger partial charge on any atom is -0.352 e. The second kappa shape index (κ2) is 6.74. The first kappa shape index (κ1) is 13.3. The smallest absolute Gasteiger partial charge is 0.251 e. The summed E-state index contributed by atoms with van der Waals surface area (Å²) >= 11 is 0. The van der Waals surface area contributed by atoms with Crippen LogP contribution in [0.1, 0.15) is 34.8 Å². The Morgan fingerprint density at radius 3 is 2.47 bits per heavy atom. The van der Waals surface area contributed by atoms with E-state index in [0.29, 0.717) is 0 Å². The molecule has 1 amide bonds. The first-order chi connectivity index (χ1) is 9.29. The monoisotopic (exact) mass is 253 g/mol. The number of carbonyl (C=O) groups excluding carboxylic acids is 1. The zero-order chi connectivity index (χ0) is 13.5. The van der Waals surface area contributed by atoms with Gasteiger partial charge in [-0.05, 0) is 36.1 Å². The number of benzene rings is 2. The molecule has 0 heterocycles. The van der Waals surface area contributed by atoms with Crippen LogP contribution in [0, 0.1) is 0 Å². The molecule has 98 valence electrons. The summed E-state index contributed by atoms with van der Waals surface area (Å²) in [6.07, 6.45) is 1.81. The molecular formula is C17H19NO. The Hall–Kier alpha value is -2.09. The molecule has 0 saturated heterocycles. The Bertz CT molecular complexity index is 534. The van der Waals surface area contributed by atoms with E-state index in [1.54, 1.807) is 0 Å². The van der Waals surface area contributed by atoms with Crippen LogP contribution in [0.4, 0.5) is 0 Å². The third-order valence-corrected chi connectivity index (χ3v) is 2.98. The predicted octanol–water partition coefficient (Wildman–Crippen LogP) is 3.42. The molecule has 0 fully saturated rings. The first-order valence-electron chi connectivity index (χ1n) is 6.70. The molecule has 1 N–H and O–H groups in total. The number of hydrogen-bond acceptors (Lipinski definition) is 1. The van der Waals surface area contributed by atoms with Crippen molar-refractivity contribution in [3.63, 3.8) is 0 Å². The highest BCUT2D eigenvalue weighted by Crippen LogP contribution is 2.11. The lowest BCUT2D eigenvalue weighted by Crippen LogP contribution is -2.23. The van der Waals surface area contributed by atoms with Crippen molar-refractivity contribution >= 4 is 5.91 Å². The molecule has 2 aromatic carbocycles. The molecule has 0 aliphatic carbocycles. The van der Waals surface area contributed by atoms with E-state index in [4.69, 9.17) is 0 Å². The molecule has 0 aliphatic heterocycles. The molecule has 2 nitrogen and oxygen atoms in total. The maximum atomic E-state index is 11.9. The SMILES string of the molecule is CCCNC(=O)c1cccc(Cc2ccccc2)c1. The second-order valence-corrected chi connectivity index (χ2v) is 4.62. The second-order valence-electron chi connectivity index (χ2n) is 4.62. The van der Waals surface area contributed by atoms with E-state index < -0.39 is 0 Å². The summed E-state index contributed by atoms with van der Waals surface area (Å²) in [5.41, 5.74) is 3.16. The van der Waals surface area contributed by atoms with Crippen LogP contribution in [-0.2, 0) is 6.42 Å². The van der Waals surface area contributed by atoms with Gasteiger partial charge in [-0.2, -0.15) is 0 Å². The van der Waals surface area contributed by atoms with E-state index in [2.05, 4.69) is 23.5 Å². The molecule has 0 atom stereocenters. The van der Waals surface area contributed by atoms with Gasteiger partial charge < -0.3 is 5.32 Å². The Morgan fingerprint density at radius 2 is 1.74 bits per heavy atom. The molecule has 0 radical (unpaired) electrons. The van der Waals surface area contributed by atoms with Gasteiger partial charge in [-0.1, -0.05) is 49.4 Å². The van der Waals surface area contributed by atoms with Gasteiger partial charge in [-0.25, -0.2) is 0 Å². The Morgan fingerprint density at radius 1 is 1.00 bits per heavy atom. The van der Waals surface area contributed by atoms with Crippen molar-refractivity contribution in [1.82, 2.24) is 5.32 Å². The maximum absolute atomic E-state index is 11.9. The summed E-state index contributed by atoms with van der Waals surface area (Å²) < 4.78 is 0. The van der Waals surface area contributed by atoms with Crippen molar-refractivity contribution in [3.8, 4) is 0 Å². The van der Waals surface area contributed by atoms with E-state index >= 15 is 0 Å². The topological polar surface area (TPSA) is 29.1 Å². The zero-order valence-electron chi connectivity index (χ0n) is 11.2.